The third-order valence-electron chi connectivity index (χ3n) is 6.09. The zero-order chi connectivity index (χ0) is 20.9. The molecule has 0 aromatic heterocycles. The summed E-state index contributed by atoms with van der Waals surface area (Å²) in [6.07, 6.45) is 9.30. The second kappa shape index (κ2) is 9.31. The number of piperidine rings is 1. The Labute approximate surface area is 178 Å². The number of Topliss-reactive ketones (excluding diaryl/α,β-unsaturated/α-hetero) is 1. The Morgan fingerprint density at radius 1 is 1.03 bits per heavy atom. The minimum atomic E-state index is 0.0910. The fourth-order valence-electron chi connectivity index (χ4n) is 4.35. The van der Waals surface area contributed by atoms with Crippen LogP contribution in [0.5, 0.6) is 11.5 Å². The Bertz CT molecular complexity index is 954. The van der Waals surface area contributed by atoms with Crippen LogP contribution in [0.4, 0.5) is 0 Å². The van der Waals surface area contributed by atoms with Crippen molar-refractivity contribution in [3.8, 4) is 11.5 Å². The van der Waals surface area contributed by atoms with Gasteiger partial charge in [0, 0.05) is 24.1 Å². The first-order valence-corrected chi connectivity index (χ1v) is 10.6. The molecule has 0 saturated carbocycles. The van der Waals surface area contributed by atoms with Crippen LogP contribution in [0.25, 0.3) is 0 Å². The minimum absolute atomic E-state index is 0.0910. The summed E-state index contributed by atoms with van der Waals surface area (Å²) in [5.41, 5.74) is 3.94. The smallest absolute Gasteiger partial charge is 0.189 e. The van der Waals surface area contributed by atoms with Gasteiger partial charge in [-0.05, 0) is 55.1 Å². The first-order valence-electron chi connectivity index (χ1n) is 10.6. The topological polar surface area (TPSA) is 38.8 Å². The van der Waals surface area contributed by atoms with Gasteiger partial charge in [0.25, 0.3) is 0 Å². The van der Waals surface area contributed by atoms with Gasteiger partial charge < -0.3 is 9.47 Å². The molecule has 30 heavy (non-hydrogen) atoms. The lowest BCUT2D eigenvalue weighted by Crippen LogP contribution is -2.32. The fourth-order valence-corrected chi connectivity index (χ4v) is 4.35. The van der Waals surface area contributed by atoms with Gasteiger partial charge in [0.05, 0.1) is 14.2 Å². The molecule has 2 aromatic rings. The number of likely N-dealkylation sites (tertiary alicyclic amines) is 1. The molecule has 0 N–H and O–H groups in total. The van der Waals surface area contributed by atoms with Crippen molar-refractivity contribution >= 4 is 5.78 Å². The fraction of sp³-hybridized carbons (Fsp3) is 0.346. The van der Waals surface area contributed by atoms with E-state index in [-0.39, 0.29) is 5.78 Å². The molecule has 1 fully saturated rings. The van der Waals surface area contributed by atoms with E-state index in [1.807, 2.05) is 12.1 Å². The molecule has 4 rings (SSSR count). The summed E-state index contributed by atoms with van der Waals surface area (Å²) in [6, 6.07) is 14.4. The number of carbonyl (C=O) groups excluding carboxylic acids is 1. The highest BCUT2D eigenvalue weighted by Crippen LogP contribution is 2.36. The van der Waals surface area contributed by atoms with Gasteiger partial charge in [-0.2, -0.15) is 0 Å². The van der Waals surface area contributed by atoms with Crippen molar-refractivity contribution in [2.24, 2.45) is 5.92 Å². The number of nitrogens with zero attached hydrogens (tertiary/aromatic N) is 1. The average molecular weight is 404 g/mol. The summed E-state index contributed by atoms with van der Waals surface area (Å²) in [5, 5.41) is 0. The van der Waals surface area contributed by atoms with E-state index in [9.17, 15) is 4.79 Å². The molecule has 1 heterocycles. The summed E-state index contributed by atoms with van der Waals surface area (Å²) in [5.74, 6) is 1.94. The summed E-state index contributed by atoms with van der Waals surface area (Å²) in [6.45, 7) is 3.26. The van der Waals surface area contributed by atoms with E-state index < -0.39 is 0 Å². The minimum Gasteiger partial charge on any atom is -0.493 e. The van der Waals surface area contributed by atoms with E-state index in [1.165, 1.54) is 5.56 Å². The van der Waals surface area contributed by atoms with Crippen molar-refractivity contribution in [3.05, 3.63) is 83.0 Å². The monoisotopic (exact) mass is 403 g/mol. The van der Waals surface area contributed by atoms with Gasteiger partial charge in [0.2, 0.25) is 0 Å². The number of carbonyl (C=O) groups is 1. The van der Waals surface area contributed by atoms with Crippen molar-refractivity contribution in [3.63, 3.8) is 0 Å². The third kappa shape index (κ3) is 4.49. The van der Waals surface area contributed by atoms with Crippen molar-refractivity contribution in [1.29, 1.82) is 0 Å². The van der Waals surface area contributed by atoms with Crippen LogP contribution in [0.1, 0.15) is 34.3 Å². The van der Waals surface area contributed by atoms with Crippen LogP contribution in [0.2, 0.25) is 0 Å². The van der Waals surface area contributed by atoms with Crippen molar-refractivity contribution in [2.45, 2.75) is 25.8 Å². The maximum atomic E-state index is 12.8. The average Bonchev–Trinajstić information content (AvgIpc) is 3.09. The van der Waals surface area contributed by atoms with Gasteiger partial charge >= 0.3 is 0 Å². The van der Waals surface area contributed by atoms with Crippen LogP contribution < -0.4 is 9.47 Å². The molecule has 4 nitrogen and oxygen atoms in total. The van der Waals surface area contributed by atoms with E-state index in [0.717, 1.165) is 49.2 Å². The summed E-state index contributed by atoms with van der Waals surface area (Å²) in [7, 11) is 3.21. The van der Waals surface area contributed by atoms with Crippen LogP contribution in [0.3, 0.4) is 0 Å². The number of methoxy groups -OCH3 is 2. The van der Waals surface area contributed by atoms with Gasteiger partial charge in [-0.15, -0.1) is 0 Å². The standard InChI is InChI=1S/C26H29NO3/c1-29-24-16-22-15-21(26(28)23(22)17-25(24)30-2)10-6-9-19-11-13-27(14-12-19)18-20-7-4-3-5-8-20/h3-10,16-17,19H,11-15,18H2,1-2H3. The summed E-state index contributed by atoms with van der Waals surface area (Å²) >= 11 is 0. The highest BCUT2D eigenvalue weighted by Gasteiger charge is 2.26. The molecule has 156 valence electrons. The van der Waals surface area contributed by atoms with Crippen LogP contribution in [-0.4, -0.2) is 38.0 Å². The second-order valence-electron chi connectivity index (χ2n) is 8.05. The number of hydrogen-bond donors (Lipinski definition) is 0. The largest absolute Gasteiger partial charge is 0.493 e. The Morgan fingerprint density at radius 2 is 1.73 bits per heavy atom. The van der Waals surface area contributed by atoms with E-state index in [0.29, 0.717) is 23.8 Å². The Hall–Kier alpha value is -2.85. The quantitative estimate of drug-likeness (QED) is 0.647. The Balaban J connectivity index is 1.33. The van der Waals surface area contributed by atoms with Gasteiger partial charge in [-0.1, -0.05) is 48.6 Å². The van der Waals surface area contributed by atoms with Crippen LogP contribution in [0, 0.1) is 5.92 Å². The first-order chi connectivity index (χ1) is 14.7. The van der Waals surface area contributed by atoms with Crippen molar-refractivity contribution in [2.75, 3.05) is 27.3 Å². The molecule has 0 unspecified atom stereocenters. The number of ketones is 1. The third-order valence-corrected chi connectivity index (χ3v) is 6.09. The van der Waals surface area contributed by atoms with E-state index in [2.05, 4.69) is 47.4 Å². The molecule has 0 spiro atoms. The van der Waals surface area contributed by atoms with Crippen LogP contribution in [-0.2, 0) is 13.0 Å². The van der Waals surface area contributed by atoms with Crippen LogP contribution >= 0.6 is 0 Å². The predicted molar refractivity (Wildman–Crippen MR) is 119 cm³/mol. The molecule has 4 heteroatoms. The van der Waals surface area contributed by atoms with Gasteiger partial charge in [-0.3, -0.25) is 9.69 Å². The second-order valence-corrected chi connectivity index (χ2v) is 8.05. The molecule has 1 aliphatic heterocycles. The first kappa shape index (κ1) is 20.4. The number of rotatable bonds is 6. The molecule has 0 atom stereocenters. The lowest BCUT2D eigenvalue weighted by molar-refractivity contribution is 0.103. The lowest BCUT2D eigenvalue weighted by Gasteiger charge is -2.30. The molecule has 2 aliphatic rings. The van der Waals surface area contributed by atoms with Crippen molar-refractivity contribution in [1.82, 2.24) is 4.90 Å². The van der Waals surface area contributed by atoms with Gasteiger partial charge in [0.15, 0.2) is 17.3 Å². The molecule has 0 amide bonds. The zero-order valence-electron chi connectivity index (χ0n) is 17.8. The molecule has 0 radical (unpaired) electrons. The summed E-state index contributed by atoms with van der Waals surface area (Å²) in [4.78, 5) is 15.3. The SMILES string of the molecule is COc1cc2c(cc1OC)C(=O)C(=CC=CC1CCN(Cc3ccccc3)CC1)C2. The molecular formula is C26H29NO3. The number of ether oxygens (including phenoxy) is 2. The maximum Gasteiger partial charge on any atom is 0.189 e. The lowest BCUT2D eigenvalue weighted by atomic mass is 9.95. The number of allylic oxidation sites excluding steroid dienone is 4. The van der Waals surface area contributed by atoms with E-state index in [1.54, 1.807) is 20.3 Å². The van der Waals surface area contributed by atoms with Gasteiger partial charge in [-0.25, -0.2) is 0 Å². The molecule has 1 aliphatic carbocycles. The molecule has 0 bridgehead atoms. The van der Waals surface area contributed by atoms with E-state index >= 15 is 0 Å². The van der Waals surface area contributed by atoms with Gasteiger partial charge in [0.1, 0.15) is 0 Å². The van der Waals surface area contributed by atoms with Crippen LogP contribution in [0.15, 0.2) is 66.3 Å². The number of fused-ring (bicyclic) bond motifs is 1. The summed E-state index contributed by atoms with van der Waals surface area (Å²) < 4.78 is 10.7. The number of benzene rings is 2. The van der Waals surface area contributed by atoms with Crippen molar-refractivity contribution < 1.29 is 14.3 Å². The predicted octanol–water partition coefficient (Wildman–Crippen LogP) is 4.84. The Morgan fingerprint density at radius 3 is 2.43 bits per heavy atom. The zero-order valence-corrected chi connectivity index (χ0v) is 17.8. The molecular weight excluding hydrogens is 374 g/mol. The highest BCUT2D eigenvalue weighted by molar-refractivity contribution is 6.13. The number of hydrogen-bond acceptors (Lipinski definition) is 4. The van der Waals surface area contributed by atoms with E-state index in [4.69, 9.17) is 9.47 Å². The highest BCUT2D eigenvalue weighted by atomic mass is 16.5. The maximum absolute atomic E-state index is 12.8. The normalized spacial score (nSPS) is 18.9. The molecule has 1 saturated heterocycles. The Kier molecular flexibility index (Phi) is 6.34. The molecule has 2 aromatic carbocycles.